The van der Waals surface area contributed by atoms with E-state index in [2.05, 4.69) is 15.9 Å². The van der Waals surface area contributed by atoms with Gasteiger partial charge in [0, 0.05) is 28.1 Å². The van der Waals surface area contributed by atoms with Gasteiger partial charge in [-0.05, 0) is 29.5 Å². The summed E-state index contributed by atoms with van der Waals surface area (Å²) in [6.45, 7) is 0. The normalized spacial score (nSPS) is 11.6. The summed E-state index contributed by atoms with van der Waals surface area (Å²) < 4.78 is 36.9. The van der Waals surface area contributed by atoms with Gasteiger partial charge in [0.15, 0.2) is 5.78 Å². The maximum absolute atomic E-state index is 12.3. The van der Waals surface area contributed by atoms with E-state index in [1.54, 1.807) is 0 Å². The first kappa shape index (κ1) is 15.9. The van der Waals surface area contributed by atoms with Crippen molar-refractivity contribution in [1.82, 2.24) is 0 Å². The minimum absolute atomic E-state index is 0.0351. The second kappa shape index (κ2) is 6.82. The van der Waals surface area contributed by atoms with Crippen LogP contribution in [-0.2, 0) is 5.88 Å². The predicted octanol–water partition coefficient (Wildman–Crippen LogP) is 5.01. The lowest BCUT2D eigenvalue weighted by Crippen LogP contribution is -2.04. The van der Waals surface area contributed by atoms with E-state index in [0.29, 0.717) is 22.9 Å². The van der Waals surface area contributed by atoms with Crippen LogP contribution in [0.2, 0.25) is 0 Å². The third kappa shape index (κ3) is 4.82. The molecule has 0 unspecified atom stereocenters. The summed E-state index contributed by atoms with van der Waals surface area (Å²) in [4.78, 5) is 11.6. The van der Waals surface area contributed by atoms with Crippen LogP contribution in [0.5, 0.6) is 0 Å². The molecule has 100 valence electrons. The van der Waals surface area contributed by atoms with Crippen LogP contribution in [0.25, 0.3) is 0 Å². The summed E-state index contributed by atoms with van der Waals surface area (Å²) in [6.07, 6.45) is 0.299. The topological polar surface area (TPSA) is 17.1 Å². The molecule has 18 heavy (non-hydrogen) atoms. The summed E-state index contributed by atoms with van der Waals surface area (Å²) in [5, 5.41) is 0.515. The van der Waals surface area contributed by atoms with Crippen LogP contribution in [0.4, 0.5) is 13.2 Å². The lowest BCUT2D eigenvalue weighted by molar-refractivity contribution is -0.0328. The highest BCUT2D eigenvalue weighted by atomic mass is 79.9. The Bertz CT molecular complexity index is 437. The van der Waals surface area contributed by atoms with E-state index in [0.717, 1.165) is 0 Å². The van der Waals surface area contributed by atoms with Gasteiger partial charge in [-0.2, -0.15) is 13.2 Å². The molecule has 0 amide bonds. The summed E-state index contributed by atoms with van der Waals surface area (Å²) in [7, 11) is 0. The summed E-state index contributed by atoms with van der Waals surface area (Å²) in [5.74, 6) is -0.185. The average Bonchev–Trinajstić information content (AvgIpc) is 2.27. The van der Waals surface area contributed by atoms with Gasteiger partial charge in [0.1, 0.15) is 0 Å². The quantitative estimate of drug-likeness (QED) is 0.417. The van der Waals surface area contributed by atoms with Gasteiger partial charge in [-0.3, -0.25) is 4.79 Å². The molecule has 0 saturated carbocycles. The molecule has 0 aliphatic rings. The summed E-state index contributed by atoms with van der Waals surface area (Å²) in [5.41, 5.74) is -3.65. The van der Waals surface area contributed by atoms with Crippen LogP contribution in [0.3, 0.4) is 0 Å². The number of ketones is 1. The van der Waals surface area contributed by atoms with Crippen molar-refractivity contribution in [3.05, 3.63) is 29.3 Å². The number of thioether (sulfide) groups is 1. The highest BCUT2D eigenvalue weighted by Gasteiger charge is 2.30. The third-order valence-electron chi connectivity index (χ3n) is 2.07. The van der Waals surface area contributed by atoms with Crippen molar-refractivity contribution in [3.63, 3.8) is 0 Å². The zero-order valence-corrected chi connectivity index (χ0v) is 12.2. The Morgan fingerprint density at radius 3 is 2.56 bits per heavy atom. The fourth-order valence-electron chi connectivity index (χ4n) is 1.31. The molecule has 0 fully saturated rings. The largest absolute Gasteiger partial charge is 0.446 e. The van der Waals surface area contributed by atoms with Gasteiger partial charge in [0.25, 0.3) is 0 Å². The van der Waals surface area contributed by atoms with E-state index in [1.807, 2.05) is 0 Å². The van der Waals surface area contributed by atoms with Crippen molar-refractivity contribution in [2.45, 2.75) is 22.7 Å². The Balaban J connectivity index is 3.00. The van der Waals surface area contributed by atoms with Gasteiger partial charge < -0.3 is 0 Å². The number of alkyl halides is 5. The lowest BCUT2D eigenvalue weighted by Gasteiger charge is -2.10. The Morgan fingerprint density at radius 1 is 1.39 bits per heavy atom. The minimum atomic E-state index is -4.36. The molecule has 1 aromatic rings. The molecule has 0 saturated heterocycles. The number of halogens is 5. The van der Waals surface area contributed by atoms with Crippen molar-refractivity contribution < 1.29 is 18.0 Å². The van der Waals surface area contributed by atoms with Crippen LogP contribution >= 0.6 is 39.3 Å². The highest BCUT2D eigenvalue weighted by molar-refractivity contribution is 9.09. The van der Waals surface area contributed by atoms with Crippen LogP contribution in [0.15, 0.2) is 23.1 Å². The Hall–Kier alpha value is -0.200. The molecule has 0 bridgehead atoms. The van der Waals surface area contributed by atoms with E-state index >= 15 is 0 Å². The van der Waals surface area contributed by atoms with Crippen LogP contribution in [0.1, 0.15) is 22.3 Å². The molecule has 0 atom stereocenters. The van der Waals surface area contributed by atoms with Gasteiger partial charge in [-0.15, -0.1) is 11.6 Å². The van der Waals surface area contributed by atoms with Crippen LogP contribution in [-0.4, -0.2) is 16.6 Å². The molecule has 0 aliphatic heterocycles. The van der Waals surface area contributed by atoms with Crippen molar-refractivity contribution in [1.29, 1.82) is 0 Å². The van der Waals surface area contributed by atoms with E-state index in [4.69, 9.17) is 11.6 Å². The van der Waals surface area contributed by atoms with E-state index < -0.39 is 5.51 Å². The molecule has 0 aromatic heterocycles. The second-order valence-electron chi connectivity index (χ2n) is 3.37. The number of hydrogen-bond donors (Lipinski definition) is 0. The van der Waals surface area contributed by atoms with Crippen LogP contribution in [0, 0.1) is 0 Å². The maximum Gasteiger partial charge on any atom is 0.446 e. The molecule has 0 radical (unpaired) electrons. The minimum Gasteiger partial charge on any atom is -0.294 e. The van der Waals surface area contributed by atoms with E-state index in [-0.39, 0.29) is 28.3 Å². The Morgan fingerprint density at radius 2 is 2.06 bits per heavy atom. The summed E-state index contributed by atoms with van der Waals surface area (Å²) >= 11 is 8.53. The van der Waals surface area contributed by atoms with Crippen molar-refractivity contribution >= 4 is 45.1 Å². The van der Waals surface area contributed by atoms with Gasteiger partial charge in [0.05, 0.1) is 0 Å². The van der Waals surface area contributed by atoms with Crippen molar-refractivity contribution in [2.75, 3.05) is 5.33 Å². The molecule has 0 N–H and O–H groups in total. The second-order valence-corrected chi connectivity index (χ2v) is 5.53. The zero-order valence-electron chi connectivity index (χ0n) is 9.06. The Labute approximate surface area is 120 Å². The average molecular weight is 362 g/mol. The fraction of sp³-hybridized carbons (Fsp3) is 0.364. The highest BCUT2D eigenvalue weighted by Crippen LogP contribution is 2.39. The first-order valence-corrected chi connectivity index (χ1v) is 7.38. The predicted molar refractivity (Wildman–Crippen MR) is 70.7 cm³/mol. The standard InChI is InChI=1S/C11H9BrClF3OS/c12-4-3-9(17)7-1-2-10(8(5-7)6-13)18-11(14,15)16/h1-2,5H,3-4,6H2. The fourth-order valence-corrected chi connectivity index (χ4v) is 2.62. The number of rotatable bonds is 5. The third-order valence-corrected chi connectivity index (χ3v) is 3.61. The summed E-state index contributed by atoms with van der Waals surface area (Å²) in [6, 6.07) is 4.11. The van der Waals surface area contributed by atoms with Crippen molar-refractivity contribution in [2.24, 2.45) is 0 Å². The smallest absolute Gasteiger partial charge is 0.294 e. The van der Waals surface area contributed by atoms with Crippen LogP contribution < -0.4 is 0 Å². The molecular formula is C11H9BrClF3OS. The molecule has 0 spiro atoms. The number of Topliss-reactive ketones (excluding diaryl/α,β-unsaturated/α-hetero) is 1. The maximum atomic E-state index is 12.3. The number of carbonyl (C=O) groups is 1. The van der Waals surface area contributed by atoms with Gasteiger partial charge >= 0.3 is 5.51 Å². The first-order valence-electron chi connectivity index (χ1n) is 4.91. The van der Waals surface area contributed by atoms with Gasteiger partial charge in [0.2, 0.25) is 0 Å². The first-order chi connectivity index (χ1) is 8.37. The number of benzene rings is 1. The molecule has 7 heteroatoms. The zero-order chi connectivity index (χ0) is 13.8. The Kier molecular flexibility index (Phi) is 6.01. The van der Waals surface area contributed by atoms with Crippen molar-refractivity contribution in [3.8, 4) is 0 Å². The molecule has 1 aromatic carbocycles. The van der Waals surface area contributed by atoms with E-state index in [9.17, 15) is 18.0 Å². The number of hydrogen-bond acceptors (Lipinski definition) is 2. The van der Waals surface area contributed by atoms with Gasteiger partial charge in [-0.25, -0.2) is 0 Å². The van der Waals surface area contributed by atoms with Gasteiger partial charge in [-0.1, -0.05) is 22.0 Å². The SMILES string of the molecule is O=C(CCBr)c1ccc(SC(F)(F)F)c(CCl)c1. The van der Waals surface area contributed by atoms with E-state index in [1.165, 1.54) is 18.2 Å². The molecule has 0 aliphatic carbocycles. The molecule has 1 nitrogen and oxygen atoms in total. The molecule has 0 heterocycles. The monoisotopic (exact) mass is 360 g/mol. The molecular weight excluding hydrogens is 353 g/mol. The lowest BCUT2D eigenvalue weighted by atomic mass is 10.1. The number of carbonyl (C=O) groups excluding carboxylic acids is 1. The molecule has 1 rings (SSSR count).